The van der Waals surface area contributed by atoms with Gasteiger partial charge in [-0.05, 0) is 0 Å². The van der Waals surface area contributed by atoms with Crippen LogP contribution < -0.4 is 10.1 Å². The Bertz CT molecular complexity index is 295. The second kappa shape index (κ2) is 6.22. The van der Waals surface area contributed by atoms with Crippen LogP contribution in [0.3, 0.4) is 0 Å². The molecule has 0 amide bonds. The standard InChI is InChI=1S/C8H14ClN3O2S/c1-5(2)10-3-6(13)4-14-8-7(9)11-15-12-8/h5-6,10,13H,3-4H2,1-2H3. The molecule has 0 spiro atoms. The smallest absolute Gasteiger partial charge is 0.265 e. The summed E-state index contributed by atoms with van der Waals surface area (Å²) in [6.45, 7) is 4.65. The maximum absolute atomic E-state index is 9.51. The minimum absolute atomic E-state index is 0.158. The molecule has 15 heavy (non-hydrogen) atoms. The van der Waals surface area contributed by atoms with Gasteiger partial charge in [-0.1, -0.05) is 25.4 Å². The Hall–Kier alpha value is -0.430. The molecule has 7 heteroatoms. The van der Waals surface area contributed by atoms with Crippen LogP contribution in [0.1, 0.15) is 13.8 Å². The third-order valence-electron chi connectivity index (χ3n) is 1.60. The van der Waals surface area contributed by atoms with E-state index in [-0.39, 0.29) is 17.6 Å². The topological polar surface area (TPSA) is 67.3 Å². The first kappa shape index (κ1) is 12.6. The highest BCUT2D eigenvalue weighted by Crippen LogP contribution is 2.20. The van der Waals surface area contributed by atoms with Crippen molar-refractivity contribution in [2.75, 3.05) is 13.2 Å². The first-order valence-corrected chi connectivity index (χ1v) is 5.72. The van der Waals surface area contributed by atoms with Gasteiger partial charge in [0.1, 0.15) is 12.7 Å². The molecule has 86 valence electrons. The number of aliphatic hydroxyl groups is 1. The van der Waals surface area contributed by atoms with Crippen LogP contribution in [0.4, 0.5) is 0 Å². The van der Waals surface area contributed by atoms with E-state index in [0.29, 0.717) is 12.6 Å². The Labute approximate surface area is 97.7 Å². The number of hydrogen-bond acceptors (Lipinski definition) is 6. The Morgan fingerprint density at radius 1 is 1.53 bits per heavy atom. The molecule has 1 aromatic heterocycles. The summed E-state index contributed by atoms with van der Waals surface area (Å²) in [6, 6.07) is 0.337. The van der Waals surface area contributed by atoms with Gasteiger partial charge in [-0.3, -0.25) is 0 Å². The number of nitrogens with zero attached hydrogens (tertiary/aromatic N) is 2. The lowest BCUT2D eigenvalue weighted by Gasteiger charge is -2.13. The Kier molecular flexibility index (Phi) is 5.24. The lowest BCUT2D eigenvalue weighted by Crippen LogP contribution is -2.35. The summed E-state index contributed by atoms with van der Waals surface area (Å²) in [6.07, 6.45) is -0.579. The maximum Gasteiger partial charge on any atom is 0.265 e. The van der Waals surface area contributed by atoms with Crippen molar-refractivity contribution in [1.29, 1.82) is 0 Å². The van der Waals surface area contributed by atoms with Crippen LogP contribution in [0.2, 0.25) is 5.15 Å². The molecule has 0 saturated carbocycles. The fourth-order valence-electron chi connectivity index (χ4n) is 0.862. The van der Waals surface area contributed by atoms with E-state index < -0.39 is 6.10 Å². The monoisotopic (exact) mass is 251 g/mol. The van der Waals surface area contributed by atoms with Crippen LogP contribution in [0.25, 0.3) is 0 Å². The number of hydrogen-bond donors (Lipinski definition) is 2. The summed E-state index contributed by atoms with van der Waals surface area (Å²) in [7, 11) is 0. The van der Waals surface area contributed by atoms with Crippen molar-refractivity contribution >= 4 is 23.3 Å². The molecule has 1 unspecified atom stereocenters. The minimum Gasteiger partial charge on any atom is -0.472 e. The Balaban J connectivity index is 2.22. The van der Waals surface area contributed by atoms with Crippen LogP contribution in [-0.2, 0) is 0 Å². The molecule has 5 nitrogen and oxygen atoms in total. The molecular weight excluding hydrogens is 238 g/mol. The van der Waals surface area contributed by atoms with Crippen molar-refractivity contribution in [3.63, 3.8) is 0 Å². The van der Waals surface area contributed by atoms with Gasteiger partial charge in [-0.25, -0.2) is 0 Å². The number of aromatic nitrogens is 2. The third-order valence-corrected chi connectivity index (χ3v) is 2.45. The van der Waals surface area contributed by atoms with Crippen molar-refractivity contribution in [3.05, 3.63) is 5.15 Å². The number of nitrogens with one attached hydrogen (secondary N) is 1. The molecule has 1 aromatic rings. The zero-order chi connectivity index (χ0) is 11.3. The van der Waals surface area contributed by atoms with Gasteiger partial charge in [-0.15, -0.1) is 4.37 Å². The van der Waals surface area contributed by atoms with Gasteiger partial charge in [0.2, 0.25) is 5.15 Å². The number of rotatable bonds is 6. The first-order valence-electron chi connectivity index (χ1n) is 4.62. The molecule has 0 aliphatic rings. The summed E-state index contributed by atoms with van der Waals surface area (Å²) in [5.41, 5.74) is 0. The lowest BCUT2D eigenvalue weighted by atomic mass is 10.3. The zero-order valence-corrected chi connectivity index (χ0v) is 10.2. The molecule has 1 rings (SSSR count). The molecule has 0 fully saturated rings. The van der Waals surface area contributed by atoms with Crippen molar-refractivity contribution in [1.82, 2.24) is 14.1 Å². The summed E-state index contributed by atoms with van der Waals surface area (Å²) >= 11 is 6.65. The van der Waals surface area contributed by atoms with Crippen molar-refractivity contribution in [2.24, 2.45) is 0 Å². The maximum atomic E-state index is 9.51. The molecule has 0 radical (unpaired) electrons. The molecule has 1 heterocycles. The average Bonchev–Trinajstić information content (AvgIpc) is 2.58. The Morgan fingerprint density at radius 2 is 2.27 bits per heavy atom. The third kappa shape index (κ3) is 4.74. The fraction of sp³-hybridized carbons (Fsp3) is 0.750. The molecular formula is C8H14ClN3O2S. The van der Waals surface area contributed by atoms with E-state index in [1.807, 2.05) is 13.8 Å². The van der Waals surface area contributed by atoms with E-state index in [2.05, 4.69) is 14.1 Å². The van der Waals surface area contributed by atoms with E-state index in [1.54, 1.807) is 0 Å². The first-order chi connectivity index (χ1) is 7.09. The van der Waals surface area contributed by atoms with Gasteiger partial charge in [0, 0.05) is 12.6 Å². The van der Waals surface area contributed by atoms with Gasteiger partial charge in [0.25, 0.3) is 5.88 Å². The summed E-state index contributed by atoms with van der Waals surface area (Å²) in [5, 5.41) is 12.8. The fourth-order valence-corrected chi connectivity index (χ4v) is 1.51. The average molecular weight is 252 g/mol. The summed E-state index contributed by atoms with van der Waals surface area (Å²) in [5.74, 6) is 0.283. The van der Waals surface area contributed by atoms with Crippen molar-refractivity contribution in [3.8, 4) is 5.88 Å². The van der Waals surface area contributed by atoms with Gasteiger partial charge in [0.05, 0.1) is 11.7 Å². The minimum atomic E-state index is -0.579. The van der Waals surface area contributed by atoms with E-state index in [0.717, 1.165) is 11.7 Å². The lowest BCUT2D eigenvalue weighted by molar-refractivity contribution is 0.103. The molecule has 0 aliphatic heterocycles. The quantitative estimate of drug-likeness (QED) is 0.787. The van der Waals surface area contributed by atoms with Crippen LogP contribution in [0.5, 0.6) is 5.88 Å². The normalized spacial score (nSPS) is 13.1. The van der Waals surface area contributed by atoms with Crippen LogP contribution in [0, 0.1) is 0 Å². The molecule has 0 aromatic carbocycles. The highest BCUT2D eigenvalue weighted by Gasteiger charge is 2.10. The van der Waals surface area contributed by atoms with Crippen LogP contribution in [-0.4, -0.2) is 39.2 Å². The number of aliphatic hydroxyl groups excluding tert-OH is 1. The number of halogens is 1. The Morgan fingerprint density at radius 3 is 2.80 bits per heavy atom. The van der Waals surface area contributed by atoms with Crippen molar-refractivity contribution in [2.45, 2.75) is 26.0 Å². The molecule has 0 bridgehead atoms. The highest BCUT2D eigenvalue weighted by atomic mass is 35.5. The largest absolute Gasteiger partial charge is 0.472 e. The number of ether oxygens (including phenoxy) is 1. The molecule has 1 atom stereocenters. The second-order valence-corrected chi connectivity index (χ2v) is 4.27. The molecule has 0 saturated heterocycles. The van der Waals surface area contributed by atoms with Crippen LogP contribution in [0.15, 0.2) is 0 Å². The zero-order valence-electron chi connectivity index (χ0n) is 8.61. The predicted octanol–water partition coefficient (Wildman–Crippen LogP) is 0.929. The van der Waals surface area contributed by atoms with E-state index in [1.165, 1.54) is 0 Å². The molecule has 2 N–H and O–H groups in total. The summed E-state index contributed by atoms with van der Waals surface area (Å²) in [4.78, 5) is 0. The van der Waals surface area contributed by atoms with Crippen LogP contribution >= 0.6 is 23.3 Å². The van der Waals surface area contributed by atoms with E-state index in [4.69, 9.17) is 16.3 Å². The SMILES string of the molecule is CC(C)NCC(O)COc1nsnc1Cl. The highest BCUT2D eigenvalue weighted by molar-refractivity contribution is 6.99. The van der Waals surface area contributed by atoms with Gasteiger partial charge < -0.3 is 15.2 Å². The van der Waals surface area contributed by atoms with Gasteiger partial charge in [0.15, 0.2) is 0 Å². The van der Waals surface area contributed by atoms with Gasteiger partial charge in [-0.2, -0.15) is 4.37 Å². The van der Waals surface area contributed by atoms with E-state index in [9.17, 15) is 5.11 Å². The molecule has 0 aliphatic carbocycles. The second-order valence-electron chi connectivity index (χ2n) is 3.39. The summed E-state index contributed by atoms with van der Waals surface area (Å²) < 4.78 is 12.8. The predicted molar refractivity (Wildman–Crippen MR) is 59.6 cm³/mol. The van der Waals surface area contributed by atoms with Crippen molar-refractivity contribution < 1.29 is 9.84 Å². The van der Waals surface area contributed by atoms with E-state index >= 15 is 0 Å². The van der Waals surface area contributed by atoms with Gasteiger partial charge >= 0.3 is 0 Å².